The molecule has 2 aromatic rings. The van der Waals surface area contributed by atoms with Crippen LogP contribution in [0.2, 0.25) is 0 Å². The fourth-order valence-corrected chi connectivity index (χ4v) is 2.78. The lowest BCUT2D eigenvalue weighted by atomic mass is 10.1. The monoisotopic (exact) mass is 313 g/mol. The molecule has 0 aliphatic carbocycles. The molecule has 0 atom stereocenters. The molecule has 0 amide bonds. The molecular formula is C16H23N7. The van der Waals surface area contributed by atoms with Crippen LogP contribution in [-0.4, -0.2) is 59.6 Å². The minimum Gasteiger partial charge on any atom is -0.369 e. The van der Waals surface area contributed by atoms with Crippen molar-refractivity contribution in [2.45, 2.75) is 6.92 Å². The molecule has 3 rings (SSSR count). The first-order valence-corrected chi connectivity index (χ1v) is 7.96. The molecule has 0 spiro atoms. The van der Waals surface area contributed by atoms with Gasteiger partial charge >= 0.3 is 0 Å². The van der Waals surface area contributed by atoms with Gasteiger partial charge in [-0.2, -0.15) is 15.0 Å². The summed E-state index contributed by atoms with van der Waals surface area (Å²) in [4.78, 5) is 17.5. The predicted octanol–water partition coefficient (Wildman–Crippen LogP) is 1.30. The van der Waals surface area contributed by atoms with E-state index in [9.17, 15) is 0 Å². The van der Waals surface area contributed by atoms with Gasteiger partial charge < -0.3 is 20.9 Å². The molecule has 122 valence electrons. The van der Waals surface area contributed by atoms with Crippen molar-refractivity contribution in [3.63, 3.8) is 0 Å². The number of nitrogen functional groups attached to an aromatic ring is 1. The molecule has 0 saturated carbocycles. The number of hydrogen-bond acceptors (Lipinski definition) is 7. The maximum Gasteiger partial charge on any atom is 0.227 e. The molecule has 7 nitrogen and oxygen atoms in total. The number of piperazine rings is 1. The van der Waals surface area contributed by atoms with Crippen LogP contribution in [0.15, 0.2) is 24.3 Å². The molecule has 2 heterocycles. The molecule has 3 N–H and O–H groups in total. The van der Waals surface area contributed by atoms with E-state index in [-0.39, 0.29) is 5.95 Å². The molecule has 1 saturated heterocycles. The second-order valence-corrected chi connectivity index (χ2v) is 5.56. The zero-order valence-electron chi connectivity index (χ0n) is 13.7. The summed E-state index contributed by atoms with van der Waals surface area (Å²) in [6.45, 7) is 7.71. The van der Waals surface area contributed by atoms with Gasteiger partial charge in [0.05, 0.1) is 0 Å². The standard InChI is InChI=1S/C16H23N7/c1-3-22-8-10-23(11-9-22)13-6-4-12(5-7-13)14-19-15(17)21-16(18-2)20-14/h4-7H,3,8-11H2,1-2H3,(H3,17,18,19,20,21). The van der Waals surface area contributed by atoms with Crippen LogP contribution in [0.5, 0.6) is 0 Å². The quantitative estimate of drug-likeness (QED) is 0.880. The smallest absolute Gasteiger partial charge is 0.227 e. The molecular weight excluding hydrogens is 290 g/mol. The van der Waals surface area contributed by atoms with E-state index in [0.717, 1.165) is 38.3 Å². The van der Waals surface area contributed by atoms with Crippen LogP contribution in [0.1, 0.15) is 6.92 Å². The molecule has 0 unspecified atom stereocenters. The summed E-state index contributed by atoms with van der Waals surface area (Å²) >= 11 is 0. The third-order valence-corrected chi connectivity index (χ3v) is 4.19. The van der Waals surface area contributed by atoms with Gasteiger partial charge in [-0.25, -0.2) is 0 Å². The van der Waals surface area contributed by atoms with Crippen molar-refractivity contribution in [2.75, 3.05) is 55.7 Å². The first kappa shape index (κ1) is 15.5. The predicted molar refractivity (Wildman–Crippen MR) is 93.5 cm³/mol. The van der Waals surface area contributed by atoms with Gasteiger partial charge in [0.25, 0.3) is 0 Å². The van der Waals surface area contributed by atoms with E-state index in [1.165, 1.54) is 5.69 Å². The number of benzene rings is 1. The molecule has 7 heteroatoms. The van der Waals surface area contributed by atoms with E-state index in [1.807, 2.05) is 12.1 Å². The second kappa shape index (κ2) is 6.78. The molecule has 1 fully saturated rings. The Labute approximate surface area is 136 Å². The van der Waals surface area contributed by atoms with E-state index in [0.29, 0.717) is 11.8 Å². The van der Waals surface area contributed by atoms with E-state index in [1.54, 1.807) is 7.05 Å². The molecule has 1 aliphatic rings. The first-order chi connectivity index (χ1) is 11.2. The average Bonchev–Trinajstić information content (AvgIpc) is 2.61. The van der Waals surface area contributed by atoms with Gasteiger partial charge in [0.1, 0.15) is 0 Å². The minimum absolute atomic E-state index is 0.221. The molecule has 0 radical (unpaired) electrons. The van der Waals surface area contributed by atoms with Crippen molar-refractivity contribution in [3.8, 4) is 11.4 Å². The fraction of sp³-hybridized carbons (Fsp3) is 0.438. The third kappa shape index (κ3) is 3.50. The summed E-state index contributed by atoms with van der Waals surface area (Å²) in [6, 6.07) is 8.32. The highest BCUT2D eigenvalue weighted by molar-refractivity contribution is 5.62. The average molecular weight is 313 g/mol. The number of nitrogens with one attached hydrogen (secondary N) is 1. The Bertz CT molecular complexity index is 648. The maximum absolute atomic E-state index is 5.73. The van der Waals surface area contributed by atoms with Gasteiger partial charge in [0.15, 0.2) is 5.82 Å². The van der Waals surface area contributed by atoms with Crippen molar-refractivity contribution in [1.29, 1.82) is 0 Å². The van der Waals surface area contributed by atoms with Gasteiger partial charge in [0, 0.05) is 44.5 Å². The highest BCUT2D eigenvalue weighted by atomic mass is 15.3. The summed E-state index contributed by atoms with van der Waals surface area (Å²) < 4.78 is 0. The van der Waals surface area contributed by atoms with Gasteiger partial charge in [-0.1, -0.05) is 6.92 Å². The lowest BCUT2D eigenvalue weighted by molar-refractivity contribution is 0.271. The third-order valence-electron chi connectivity index (χ3n) is 4.19. The highest BCUT2D eigenvalue weighted by Gasteiger charge is 2.16. The zero-order chi connectivity index (χ0) is 16.2. The highest BCUT2D eigenvalue weighted by Crippen LogP contribution is 2.22. The number of rotatable bonds is 4. The molecule has 1 aromatic carbocycles. The number of hydrogen-bond donors (Lipinski definition) is 2. The van der Waals surface area contributed by atoms with E-state index in [2.05, 4.69) is 49.1 Å². The van der Waals surface area contributed by atoms with Crippen LogP contribution in [0.25, 0.3) is 11.4 Å². The van der Waals surface area contributed by atoms with Crippen LogP contribution >= 0.6 is 0 Å². The van der Waals surface area contributed by atoms with Crippen molar-refractivity contribution >= 4 is 17.6 Å². The van der Waals surface area contributed by atoms with Crippen LogP contribution in [0, 0.1) is 0 Å². The van der Waals surface area contributed by atoms with Crippen molar-refractivity contribution in [3.05, 3.63) is 24.3 Å². The lowest BCUT2D eigenvalue weighted by Crippen LogP contribution is -2.46. The normalized spacial score (nSPS) is 15.7. The van der Waals surface area contributed by atoms with E-state index < -0.39 is 0 Å². The molecule has 23 heavy (non-hydrogen) atoms. The van der Waals surface area contributed by atoms with Gasteiger partial charge in [0.2, 0.25) is 11.9 Å². The van der Waals surface area contributed by atoms with Gasteiger partial charge in [-0.05, 0) is 30.8 Å². The van der Waals surface area contributed by atoms with E-state index in [4.69, 9.17) is 5.73 Å². The Morgan fingerprint density at radius 3 is 2.35 bits per heavy atom. The van der Waals surface area contributed by atoms with Crippen LogP contribution in [0.3, 0.4) is 0 Å². The van der Waals surface area contributed by atoms with Gasteiger partial charge in [-0.15, -0.1) is 0 Å². The van der Waals surface area contributed by atoms with Crippen LogP contribution in [0.4, 0.5) is 17.6 Å². The van der Waals surface area contributed by atoms with E-state index >= 15 is 0 Å². The van der Waals surface area contributed by atoms with Crippen molar-refractivity contribution in [2.24, 2.45) is 0 Å². The molecule has 1 aliphatic heterocycles. The van der Waals surface area contributed by atoms with Crippen LogP contribution < -0.4 is 16.0 Å². The summed E-state index contributed by atoms with van der Waals surface area (Å²) in [6.07, 6.45) is 0. The summed E-state index contributed by atoms with van der Waals surface area (Å²) in [5.41, 5.74) is 7.90. The summed E-state index contributed by atoms with van der Waals surface area (Å²) in [5.74, 6) is 1.29. The Balaban J connectivity index is 1.76. The Morgan fingerprint density at radius 1 is 1.04 bits per heavy atom. The second-order valence-electron chi connectivity index (χ2n) is 5.56. The topological polar surface area (TPSA) is 83.2 Å². The number of nitrogens with zero attached hydrogens (tertiary/aromatic N) is 5. The lowest BCUT2D eigenvalue weighted by Gasteiger charge is -2.35. The largest absolute Gasteiger partial charge is 0.369 e. The fourth-order valence-electron chi connectivity index (χ4n) is 2.78. The number of likely N-dealkylation sites (N-methyl/N-ethyl adjacent to an activating group) is 1. The van der Waals surface area contributed by atoms with Crippen molar-refractivity contribution in [1.82, 2.24) is 19.9 Å². The summed E-state index contributed by atoms with van der Waals surface area (Å²) in [7, 11) is 1.76. The van der Waals surface area contributed by atoms with Crippen molar-refractivity contribution < 1.29 is 0 Å². The number of nitrogens with two attached hydrogens (primary N) is 1. The van der Waals surface area contributed by atoms with Crippen LogP contribution in [-0.2, 0) is 0 Å². The molecule has 1 aromatic heterocycles. The number of aromatic nitrogens is 3. The van der Waals surface area contributed by atoms with Gasteiger partial charge in [-0.3, -0.25) is 0 Å². The number of anilines is 3. The zero-order valence-corrected chi connectivity index (χ0v) is 13.7. The Kier molecular flexibility index (Phi) is 4.57. The Morgan fingerprint density at radius 2 is 1.74 bits per heavy atom. The molecule has 0 bridgehead atoms. The first-order valence-electron chi connectivity index (χ1n) is 7.96. The minimum atomic E-state index is 0.221. The summed E-state index contributed by atoms with van der Waals surface area (Å²) in [5, 5.41) is 2.90. The maximum atomic E-state index is 5.73. The Hall–Kier alpha value is -2.41. The SMILES string of the molecule is CCN1CCN(c2ccc(-c3nc(N)nc(NC)n3)cc2)CC1.